The van der Waals surface area contributed by atoms with Gasteiger partial charge in [0.1, 0.15) is 0 Å². The van der Waals surface area contributed by atoms with Crippen LogP contribution in [0.5, 0.6) is 0 Å². The lowest BCUT2D eigenvalue weighted by Crippen LogP contribution is -2.48. The summed E-state index contributed by atoms with van der Waals surface area (Å²) in [7, 11) is 0. The Bertz CT molecular complexity index is 227. The minimum Gasteiger partial charge on any atom is -0.381 e. The molecule has 2 aliphatic carbocycles. The van der Waals surface area contributed by atoms with Crippen LogP contribution in [0, 0.1) is 11.8 Å². The molecule has 0 amide bonds. The number of hydrogen-bond donors (Lipinski definition) is 1. The number of fused-ring (bicyclic) bond motifs is 1. The summed E-state index contributed by atoms with van der Waals surface area (Å²) in [4.78, 5) is 0. The van der Waals surface area contributed by atoms with Crippen molar-refractivity contribution in [2.24, 2.45) is 11.8 Å². The first-order valence-electron chi connectivity index (χ1n) is 6.89. The number of allylic oxidation sites excluding steroid dienone is 1. The van der Waals surface area contributed by atoms with Gasteiger partial charge >= 0.3 is 0 Å². The zero-order valence-corrected chi connectivity index (χ0v) is 10.5. The summed E-state index contributed by atoms with van der Waals surface area (Å²) in [5.74, 6) is 1.82. The van der Waals surface area contributed by atoms with Gasteiger partial charge in [-0.1, -0.05) is 25.5 Å². The van der Waals surface area contributed by atoms with Crippen LogP contribution in [0.15, 0.2) is 12.2 Å². The van der Waals surface area contributed by atoms with Gasteiger partial charge in [-0.3, -0.25) is 0 Å². The van der Waals surface area contributed by atoms with E-state index in [1.165, 1.54) is 25.7 Å². The van der Waals surface area contributed by atoms with Crippen LogP contribution in [0.2, 0.25) is 0 Å². The van der Waals surface area contributed by atoms with Gasteiger partial charge in [-0.2, -0.15) is 0 Å². The topological polar surface area (TPSA) is 21.3 Å². The summed E-state index contributed by atoms with van der Waals surface area (Å²) in [6.45, 7) is 5.18. The van der Waals surface area contributed by atoms with Gasteiger partial charge in [0.15, 0.2) is 0 Å². The van der Waals surface area contributed by atoms with Crippen molar-refractivity contribution in [1.82, 2.24) is 5.32 Å². The Morgan fingerprint density at radius 3 is 3.00 bits per heavy atom. The lowest BCUT2D eigenvalue weighted by atomic mass is 9.71. The monoisotopic (exact) mass is 223 g/mol. The van der Waals surface area contributed by atoms with E-state index in [-0.39, 0.29) is 0 Å². The molecule has 0 aromatic rings. The summed E-state index contributed by atoms with van der Waals surface area (Å²) < 4.78 is 5.54. The fourth-order valence-corrected chi connectivity index (χ4v) is 2.76. The van der Waals surface area contributed by atoms with Crippen LogP contribution in [0.4, 0.5) is 0 Å². The van der Waals surface area contributed by atoms with Gasteiger partial charge < -0.3 is 10.1 Å². The molecular weight excluding hydrogens is 198 g/mol. The number of hydrogen-bond acceptors (Lipinski definition) is 2. The van der Waals surface area contributed by atoms with Crippen molar-refractivity contribution >= 4 is 0 Å². The highest BCUT2D eigenvalue weighted by Crippen LogP contribution is 2.42. The molecule has 16 heavy (non-hydrogen) atoms. The van der Waals surface area contributed by atoms with E-state index in [0.29, 0.717) is 0 Å². The molecule has 1 N–H and O–H groups in total. The third-order valence-corrected chi connectivity index (χ3v) is 3.88. The molecule has 92 valence electrons. The van der Waals surface area contributed by atoms with Gasteiger partial charge in [0.2, 0.25) is 0 Å². The lowest BCUT2D eigenvalue weighted by Gasteiger charge is -2.40. The Morgan fingerprint density at radius 2 is 2.19 bits per heavy atom. The molecule has 0 heterocycles. The molecule has 1 saturated carbocycles. The van der Waals surface area contributed by atoms with Gasteiger partial charge in [0, 0.05) is 19.3 Å². The smallest absolute Gasteiger partial charge is 0.0478 e. The van der Waals surface area contributed by atoms with Crippen molar-refractivity contribution in [3.05, 3.63) is 12.2 Å². The Labute approximate surface area is 99.4 Å². The van der Waals surface area contributed by atoms with Gasteiger partial charge in [0.25, 0.3) is 0 Å². The van der Waals surface area contributed by atoms with Crippen molar-refractivity contribution in [3.8, 4) is 0 Å². The Balaban J connectivity index is 1.42. The van der Waals surface area contributed by atoms with E-state index in [1.54, 1.807) is 0 Å². The maximum absolute atomic E-state index is 5.54. The molecule has 2 nitrogen and oxygen atoms in total. The fraction of sp³-hybridized carbons (Fsp3) is 0.857. The molecule has 0 saturated heterocycles. The quantitative estimate of drug-likeness (QED) is 0.504. The third kappa shape index (κ3) is 3.08. The molecule has 2 heteroatoms. The van der Waals surface area contributed by atoms with Gasteiger partial charge in [-0.05, 0) is 44.1 Å². The summed E-state index contributed by atoms with van der Waals surface area (Å²) >= 11 is 0. The van der Waals surface area contributed by atoms with E-state index in [2.05, 4.69) is 24.4 Å². The Morgan fingerprint density at radius 1 is 1.31 bits per heavy atom. The van der Waals surface area contributed by atoms with E-state index in [1.807, 2.05) is 0 Å². The van der Waals surface area contributed by atoms with Crippen LogP contribution >= 0.6 is 0 Å². The van der Waals surface area contributed by atoms with E-state index >= 15 is 0 Å². The van der Waals surface area contributed by atoms with Crippen molar-refractivity contribution in [2.45, 2.75) is 45.1 Å². The molecule has 3 unspecified atom stereocenters. The molecule has 3 atom stereocenters. The average molecular weight is 223 g/mol. The van der Waals surface area contributed by atoms with E-state index in [0.717, 1.165) is 44.1 Å². The first kappa shape index (κ1) is 12.1. The average Bonchev–Trinajstić information content (AvgIpc) is 2.64. The summed E-state index contributed by atoms with van der Waals surface area (Å²) in [6, 6.07) is 0.763. The van der Waals surface area contributed by atoms with Crippen LogP contribution in [0.3, 0.4) is 0 Å². The van der Waals surface area contributed by atoms with Crippen molar-refractivity contribution in [1.29, 1.82) is 0 Å². The summed E-state index contributed by atoms with van der Waals surface area (Å²) in [5, 5.41) is 3.65. The molecular formula is C14H25NO. The minimum absolute atomic E-state index is 0.763. The molecule has 0 spiro atoms. The number of rotatable bonds is 8. The maximum atomic E-state index is 5.54. The van der Waals surface area contributed by atoms with Crippen molar-refractivity contribution in [2.75, 3.05) is 19.8 Å². The predicted molar refractivity (Wildman–Crippen MR) is 67.5 cm³/mol. The second-order valence-corrected chi connectivity index (χ2v) is 5.12. The predicted octanol–water partition coefficient (Wildman–Crippen LogP) is 2.75. The molecule has 0 bridgehead atoms. The zero-order valence-electron chi connectivity index (χ0n) is 10.5. The molecule has 0 radical (unpaired) electrons. The second kappa shape index (κ2) is 6.41. The largest absolute Gasteiger partial charge is 0.381 e. The van der Waals surface area contributed by atoms with E-state index in [9.17, 15) is 0 Å². The standard InChI is InChI=1S/C14H25NO/c1-2-3-9-16-10-5-8-15-14-11-12-6-4-7-13(12)14/h4,7,12-15H,2-3,5-6,8-11H2,1H3. The van der Waals surface area contributed by atoms with Crippen LogP contribution in [0.25, 0.3) is 0 Å². The lowest BCUT2D eigenvalue weighted by molar-refractivity contribution is 0.120. The highest BCUT2D eigenvalue weighted by molar-refractivity contribution is 5.12. The fourth-order valence-electron chi connectivity index (χ4n) is 2.76. The molecule has 1 fully saturated rings. The van der Waals surface area contributed by atoms with E-state index in [4.69, 9.17) is 4.74 Å². The number of ether oxygens (including phenoxy) is 1. The number of nitrogens with one attached hydrogen (secondary N) is 1. The summed E-state index contributed by atoms with van der Waals surface area (Å²) in [5.41, 5.74) is 0. The van der Waals surface area contributed by atoms with Crippen LogP contribution in [-0.2, 0) is 4.74 Å². The molecule has 0 aromatic heterocycles. The minimum atomic E-state index is 0.763. The Kier molecular flexibility index (Phi) is 4.86. The van der Waals surface area contributed by atoms with E-state index < -0.39 is 0 Å². The second-order valence-electron chi connectivity index (χ2n) is 5.12. The molecule has 2 aliphatic rings. The number of unbranched alkanes of at least 4 members (excludes halogenated alkanes) is 1. The first-order valence-corrected chi connectivity index (χ1v) is 6.89. The first-order chi connectivity index (χ1) is 7.92. The van der Waals surface area contributed by atoms with Crippen LogP contribution in [-0.4, -0.2) is 25.8 Å². The third-order valence-electron chi connectivity index (χ3n) is 3.88. The molecule has 2 rings (SSSR count). The van der Waals surface area contributed by atoms with Gasteiger partial charge in [-0.25, -0.2) is 0 Å². The van der Waals surface area contributed by atoms with Crippen LogP contribution < -0.4 is 5.32 Å². The highest BCUT2D eigenvalue weighted by Gasteiger charge is 2.40. The van der Waals surface area contributed by atoms with Crippen molar-refractivity contribution < 1.29 is 4.74 Å². The normalized spacial score (nSPS) is 31.4. The highest BCUT2D eigenvalue weighted by atomic mass is 16.5. The summed E-state index contributed by atoms with van der Waals surface area (Å²) in [6.07, 6.45) is 11.0. The maximum Gasteiger partial charge on any atom is 0.0478 e. The molecule has 0 aromatic carbocycles. The van der Waals surface area contributed by atoms with Crippen LogP contribution in [0.1, 0.15) is 39.0 Å². The zero-order chi connectivity index (χ0) is 11.2. The Hall–Kier alpha value is -0.340. The van der Waals surface area contributed by atoms with Gasteiger partial charge in [-0.15, -0.1) is 0 Å². The molecule has 0 aliphatic heterocycles. The SMILES string of the molecule is CCCCOCCCNC1CC2CC=CC21. The van der Waals surface area contributed by atoms with Gasteiger partial charge in [0.05, 0.1) is 0 Å². The van der Waals surface area contributed by atoms with Crippen molar-refractivity contribution in [3.63, 3.8) is 0 Å².